The molecule has 0 aromatic heterocycles. The summed E-state index contributed by atoms with van der Waals surface area (Å²) in [5.74, 6) is 0.560. The molecule has 0 radical (unpaired) electrons. The van der Waals surface area contributed by atoms with E-state index in [9.17, 15) is 12.6 Å². The predicted molar refractivity (Wildman–Crippen MR) is 85.9 cm³/mol. The molecular weight excluding hydrogens is 308 g/mol. The smallest absolute Gasteiger partial charge is 0.240 e. The number of rotatable bonds is 5. The van der Waals surface area contributed by atoms with E-state index in [1.807, 2.05) is 6.92 Å². The molecule has 1 aliphatic rings. The highest BCUT2D eigenvalue weighted by Gasteiger charge is 2.32. The van der Waals surface area contributed by atoms with Gasteiger partial charge in [-0.1, -0.05) is 19.8 Å². The van der Waals surface area contributed by atoms with Crippen molar-refractivity contribution >= 4 is 26.5 Å². The number of anilines is 1. The van der Waals surface area contributed by atoms with Crippen molar-refractivity contribution < 1.29 is 12.6 Å². The molecule has 2 rings (SSSR count). The number of sulfonamides is 1. The fourth-order valence-corrected chi connectivity index (χ4v) is 5.50. The van der Waals surface area contributed by atoms with Crippen molar-refractivity contribution in [2.75, 3.05) is 11.5 Å². The Morgan fingerprint density at radius 3 is 2.48 bits per heavy atom. The third-order valence-electron chi connectivity index (χ3n) is 3.82. The number of nitrogen functional groups attached to an aromatic ring is 1. The van der Waals surface area contributed by atoms with Crippen LogP contribution < -0.4 is 10.5 Å². The predicted octanol–water partition coefficient (Wildman–Crippen LogP) is 1.63. The molecule has 0 aliphatic heterocycles. The molecule has 0 amide bonds. The van der Waals surface area contributed by atoms with Crippen LogP contribution in [0, 0.1) is 0 Å². The highest BCUT2D eigenvalue weighted by Crippen LogP contribution is 2.25. The van der Waals surface area contributed by atoms with Crippen LogP contribution in [0.4, 0.5) is 5.69 Å². The highest BCUT2D eigenvalue weighted by molar-refractivity contribution is 7.89. The van der Waals surface area contributed by atoms with E-state index < -0.39 is 20.8 Å². The third-order valence-corrected chi connectivity index (χ3v) is 7.14. The van der Waals surface area contributed by atoms with Crippen molar-refractivity contribution in [3.63, 3.8) is 0 Å². The summed E-state index contributed by atoms with van der Waals surface area (Å²) in [6.45, 7) is 1.87. The Kier molecular flexibility index (Phi) is 5.40. The van der Waals surface area contributed by atoms with Crippen molar-refractivity contribution in [2.45, 2.75) is 48.8 Å². The van der Waals surface area contributed by atoms with Crippen LogP contribution >= 0.6 is 0 Å². The standard InChI is InChI=1S/C14H22N2O3S2/c1-2-20(17)14-6-4-3-5-13(14)16-21(18,19)12-9-7-11(15)8-10-12/h7-10,13-14,16H,2-6,15H2,1H3/t13-,14-,20+/m0/s1. The summed E-state index contributed by atoms with van der Waals surface area (Å²) in [7, 11) is -4.58. The molecule has 1 saturated carbocycles. The van der Waals surface area contributed by atoms with Crippen LogP contribution in [-0.4, -0.2) is 29.7 Å². The molecule has 3 N–H and O–H groups in total. The monoisotopic (exact) mass is 330 g/mol. The van der Waals surface area contributed by atoms with Gasteiger partial charge in [0.15, 0.2) is 0 Å². The maximum absolute atomic E-state index is 12.4. The van der Waals surface area contributed by atoms with Gasteiger partial charge in [-0.2, -0.15) is 0 Å². The topological polar surface area (TPSA) is 89.3 Å². The van der Waals surface area contributed by atoms with E-state index in [-0.39, 0.29) is 16.2 Å². The SMILES string of the molecule is CC[S@@](=O)[C@H]1CCCC[C@@H]1NS(=O)(=O)c1ccc(N)cc1. The fourth-order valence-electron chi connectivity index (χ4n) is 2.67. The van der Waals surface area contributed by atoms with Gasteiger partial charge in [0.25, 0.3) is 0 Å². The number of hydrogen-bond donors (Lipinski definition) is 2. The summed E-state index contributed by atoms with van der Waals surface area (Å²) in [6, 6.07) is 5.87. The Hall–Kier alpha value is -0.920. The van der Waals surface area contributed by atoms with E-state index in [4.69, 9.17) is 5.73 Å². The van der Waals surface area contributed by atoms with Crippen LogP contribution in [-0.2, 0) is 20.8 Å². The van der Waals surface area contributed by atoms with Crippen molar-refractivity contribution in [1.82, 2.24) is 4.72 Å². The van der Waals surface area contributed by atoms with Gasteiger partial charge >= 0.3 is 0 Å². The maximum atomic E-state index is 12.4. The lowest BCUT2D eigenvalue weighted by molar-refractivity contribution is 0.416. The molecule has 7 heteroatoms. The van der Waals surface area contributed by atoms with Crippen LogP contribution in [0.15, 0.2) is 29.2 Å². The lowest BCUT2D eigenvalue weighted by Gasteiger charge is -2.31. The first-order valence-corrected chi connectivity index (χ1v) is 10.1. The van der Waals surface area contributed by atoms with Crippen LogP contribution in [0.25, 0.3) is 0 Å². The second kappa shape index (κ2) is 6.89. The Labute approximate surface area is 128 Å². The van der Waals surface area contributed by atoms with E-state index >= 15 is 0 Å². The molecule has 3 atom stereocenters. The van der Waals surface area contributed by atoms with E-state index in [1.54, 1.807) is 12.1 Å². The minimum Gasteiger partial charge on any atom is -0.399 e. The summed E-state index contributed by atoms with van der Waals surface area (Å²) < 4.78 is 39.7. The first kappa shape index (κ1) is 16.5. The zero-order valence-corrected chi connectivity index (χ0v) is 13.8. The fraction of sp³-hybridized carbons (Fsp3) is 0.571. The number of nitrogens with two attached hydrogens (primary N) is 1. The zero-order chi connectivity index (χ0) is 15.5. The van der Waals surface area contributed by atoms with Gasteiger partial charge in [0.05, 0.1) is 10.1 Å². The van der Waals surface area contributed by atoms with Gasteiger partial charge < -0.3 is 5.73 Å². The third kappa shape index (κ3) is 4.05. The molecule has 1 aromatic rings. The number of nitrogens with one attached hydrogen (secondary N) is 1. The summed E-state index contributed by atoms with van der Waals surface area (Å²) >= 11 is 0. The normalized spacial score (nSPS) is 24.6. The Morgan fingerprint density at radius 1 is 1.24 bits per heavy atom. The van der Waals surface area contributed by atoms with Gasteiger partial charge in [-0.25, -0.2) is 13.1 Å². The first-order chi connectivity index (χ1) is 9.94. The summed E-state index contributed by atoms with van der Waals surface area (Å²) in [4.78, 5) is 0.198. The van der Waals surface area contributed by atoms with Crippen molar-refractivity contribution in [3.8, 4) is 0 Å². The van der Waals surface area contributed by atoms with E-state index in [1.165, 1.54) is 12.1 Å². The van der Waals surface area contributed by atoms with E-state index in [0.717, 1.165) is 25.7 Å². The van der Waals surface area contributed by atoms with Crippen molar-refractivity contribution in [1.29, 1.82) is 0 Å². The van der Waals surface area contributed by atoms with Gasteiger partial charge in [-0.05, 0) is 37.1 Å². The second-order valence-corrected chi connectivity index (χ2v) is 8.95. The van der Waals surface area contributed by atoms with Crippen LogP contribution in [0.3, 0.4) is 0 Å². The minimum atomic E-state index is -3.59. The largest absolute Gasteiger partial charge is 0.399 e. The summed E-state index contributed by atoms with van der Waals surface area (Å²) in [5, 5.41) is -0.0905. The molecule has 118 valence electrons. The van der Waals surface area contributed by atoms with Crippen molar-refractivity contribution in [3.05, 3.63) is 24.3 Å². The summed E-state index contributed by atoms with van der Waals surface area (Å²) in [6.07, 6.45) is 3.53. The molecule has 0 heterocycles. The quantitative estimate of drug-likeness (QED) is 0.803. The van der Waals surface area contributed by atoms with Crippen LogP contribution in [0.5, 0.6) is 0 Å². The van der Waals surface area contributed by atoms with Gasteiger partial charge in [0.2, 0.25) is 10.0 Å². The molecule has 1 aromatic carbocycles. The lowest BCUT2D eigenvalue weighted by atomic mass is 9.96. The Balaban J connectivity index is 2.17. The Bertz CT molecular complexity index is 599. The molecule has 21 heavy (non-hydrogen) atoms. The first-order valence-electron chi connectivity index (χ1n) is 7.19. The van der Waals surface area contributed by atoms with Gasteiger partial charge in [0, 0.05) is 28.3 Å². The van der Waals surface area contributed by atoms with Gasteiger partial charge in [-0.15, -0.1) is 0 Å². The maximum Gasteiger partial charge on any atom is 0.240 e. The lowest BCUT2D eigenvalue weighted by Crippen LogP contribution is -2.47. The molecule has 0 bridgehead atoms. The van der Waals surface area contributed by atoms with E-state index in [2.05, 4.69) is 4.72 Å². The summed E-state index contributed by atoms with van der Waals surface area (Å²) in [5.41, 5.74) is 6.10. The average molecular weight is 330 g/mol. The number of hydrogen-bond acceptors (Lipinski definition) is 4. The molecular formula is C14H22N2O3S2. The zero-order valence-electron chi connectivity index (χ0n) is 12.1. The Morgan fingerprint density at radius 2 is 1.86 bits per heavy atom. The van der Waals surface area contributed by atoms with Crippen LogP contribution in [0.2, 0.25) is 0 Å². The molecule has 1 fully saturated rings. The van der Waals surface area contributed by atoms with Crippen LogP contribution in [0.1, 0.15) is 32.6 Å². The minimum absolute atomic E-state index is 0.0905. The molecule has 0 spiro atoms. The number of benzene rings is 1. The second-order valence-electron chi connectivity index (χ2n) is 5.29. The van der Waals surface area contributed by atoms with Gasteiger partial charge in [-0.3, -0.25) is 4.21 Å². The molecule has 0 saturated heterocycles. The molecule has 5 nitrogen and oxygen atoms in total. The molecule has 0 unspecified atom stereocenters. The molecule has 1 aliphatic carbocycles. The van der Waals surface area contributed by atoms with Gasteiger partial charge in [0.1, 0.15) is 0 Å². The van der Waals surface area contributed by atoms with Crippen molar-refractivity contribution in [2.24, 2.45) is 0 Å². The van der Waals surface area contributed by atoms with E-state index in [0.29, 0.717) is 11.4 Å². The highest BCUT2D eigenvalue weighted by atomic mass is 32.2. The average Bonchev–Trinajstić information content (AvgIpc) is 2.47.